The van der Waals surface area contributed by atoms with Crippen molar-refractivity contribution < 1.29 is 23.6 Å². The predicted octanol–water partition coefficient (Wildman–Crippen LogP) is 8.88. The Hall–Kier alpha value is -5.17. The van der Waals surface area contributed by atoms with Crippen molar-refractivity contribution in [3.8, 4) is 33.9 Å². The van der Waals surface area contributed by atoms with E-state index in [0.717, 1.165) is 23.0 Å². The molecule has 0 fully saturated rings. The van der Waals surface area contributed by atoms with Gasteiger partial charge >= 0.3 is 0 Å². The van der Waals surface area contributed by atoms with Gasteiger partial charge in [0.05, 0.1) is 11.1 Å². The standard InChI is InChI=1S/C36H34N2O5.C2H6/c1-4-37-36(40)34-33(28-17-15-25(21-39)16-18-28)35(43-38-34)30-19-29(24(2)3)31(41-22-26-11-7-5-8-12-26)20-32(30)42-23-27-13-9-6-10-14-27;1-2/h5-21,24H,4,22-23H2,1-3H3,(H,37,40);1-2H3. The van der Waals surface area contributed by atoms with Gasteiger partial charge < -0.3 is 19.3 Å². The first-order valence-electron chi connectivity index (χ1n) is 15.3. The molecule has 1 N–H and O–H groups in total. The molecule has 0 aliphatic heterocycles. The maximum atomic E-state index is 13.1. The number of aromatic nitrogens is 1. The van der Waals surface area contributed by atoms with Gasteiger partial charge in [-0.2, -0.15) is 0 Å². The van der Waals surface area contributed by atoms with Crippen LogP contribution in [0.25, 0.3) is 22.5 Å². The monoisotopic (exact) mass is 604 g/mol. The van der Waals surface area contributed by atoms with Crippen molar-refractivity contribution in [2.75, 3.05) is 6.54 Å². The third-order valence-electron chi connectivity index (χ3n) is 7.03. The fourth-order valence-corrected chi connectivity index (χ4v) is 4.79. The average molecular weight is 605 g/mol. The molecule has 0 radical (unpaired) electrons. The van der Waals surface area contributed by atoms with Gasteiger partial charge in [0.2, 0.25) is 0 Å². The normalized spacial score (nSPS) is 10.5. The molecule has 1 amide bonds. The number of carbonyl (C=O) groups is 2. The van der Waals surface area contributed by atoms with Gasteiger partial charge in [-0.05, 0) is 41.2 Å². The Morgan fingerprint density at radius 2 is 1.42 bits per heavy atom. The van der Waals surface area contributed by atoms with Crippen molar-refractivity contribution >= 4 is 12.2 Å². The zero-order valence-electron chi connectivity index (χ0n) is 26.5. The summed E-state index contributed by atoms with van der Waals surface area (Å²) in [5.41, 5.74) is 5.53. The number of rotatable bonds is 12. The molecule has 1 heterocycles. The van der Waals surface area contributed by atoms with E-state index in [1.54, 1.807) is 24.3 Å². The Morgan fingerprint density at radius 3 is 1.96 bits per heavy atom. The fourth-order valence-electron chi connectivity index (χ4n) is 4.79. The zero-order chi connectivity index (χ0) is 32.2. The molecule has 0 unspecified atom stereocenters. The molecule has 0 bridgehead atoms. The molecule has 5 aromatic rings. The molecule has 0 aliphatic carbocycles. The van der Waals surface area contributed by atoms with Gasteiger partial charge in [-0.1, -0.05) is 118 Å². The summed E-state index contributed by atoms with van der Waals surface area (Å²) >= 11 is 0. The zero-order valence-corrected chi connectivity index (χ0v) is 26.5. The second kappa shape index (κ2) is 16.1. The van der Waals surface area contributed by atoms with Crippen molar-refractivity contribution in [1.82, 2.24) is 10.5 Å². The summed E-state index contributed by atoms with van der Waals surface area (Å²) in [6.07, 6.45) is 0.779. The molecule has 0 saturated heterocycles. The third kappa shape index (κ3) is 8.06. The van der Waals surface area contributed by atoms with E-state index in [9.17, 15) is 9.59 Å². The molecule has 0 aliphatic rings. The number of nitrogens with zero attached hydrogens (tertiary/aromatic N) is 1. The highest BCUT2D eigenvalue weighted by Gasteiger charge is 2.28. The minimum absolute atomic E-state index is 0.105. The van der Waals surface area contributed by atoms with Gasteiger partial charge in [-0.15, -0.1) is 0 Å². The van der Waals surface area contributed by atoms with Gasteiger partial charge in [0.15, 0.2) is 11.5 Å². The van der Waals surface area contributed by atoms with E-state index in [1.165, 1.54) is 0 Å². The Bertz CT molecular complexity index is 1680. The topological polar surface area (TPSA) is 90.7 Å². The summed E-state index contributed by atoms with van der Waals surface area (Å²) < 4.78 is 18.8. The minimum Gasteiger partial charge on any atom is -0.488 e. The average Bonchev–Trinajstić information content (AvgIpc) is 3.53. The number of amides is 1. The van der Waals surface area contributed by atoms with Crippen LogP contribution in [0.5, 0.6) is 11.5 Å². The third-order valence-corrected chi connectivity index (χ3v) is 7.03. The predicted molar refractivity (Wildman–Crippen MR) is 178 cm³/mol. The number of hydrogen-bond donors (Lipinski definition) is 1. The van der Waals surface area contributed by atoms with E-state index < -0.39 is 0 Å². The van der Waals surface area contributed by atoms with Gasteiger partial charge in [0.25, 0.3) is 5.91 Å². The lowest BCUT2D eigenvalue weighted by Gasteiger charge is -2.19. The largest absolute Gasteiger partial charge is 0.488 e. The SMILES string of the molecule is CC.CCNC(=O)c1noc(-c2cc(C(C)C)c(OCc3ccccc3)cc2OCc2ccccc2)c1-c1ccc(C=O)cc1. The minimum atomic E-state index is -0.356. The van der Waals surface area contributed by atoms with Crippen molar-refractivity contribution in [1.29, 1.82) is 0 Å². The first-order chi connectivity index (χ1) is 22.0. The summed E-state index contributed by atoms with van der Waals surface area (Å²) in [6.45, 7) is 11.2. The molecule has 0 spiro atoms. The number of aldehydes is 1. The van der Waals surface area contributed by atoms with Crippen LogP contribution < -0.4 is 14.8 Å². The fraction of sp³-hybridized carbons (Fsp3) is 0.237. The van der Waals surface area contributed by atoms with Crippen molar-refractivity contribution in [2.45, 2.75) is 53.8 Å². The molecule has 4 aromatic carbocycles. The van der Waals surface area contributed by atoms with E-state index in [4.69, 9.17) is 14.0 Å². The maximum Gasteiger partial charge on any atom is 0.274 e. The summed E-state index contributed by atoms with van der Waals surface area (Å²) in [7, 11) is 0. The van der Waals surface area contributed by atoms with Gasteiger partial charge in [0.1, 0.15) is 31.0 Å². The van der Waals surface area contributed by atoms with E-state index >= 15 is 0 Å². The number of nitrogens with one attached hydrogen (secondary N) is 1. The summed E-state index contributed by atoms with van der Waals surface area (Å²) in [5.74, 6) is 1.37. The number of carbonyl (C=O) groups excluding carboxylic acids is 2. The van der Waals surface area contributed by atoms with Crippen LogP contribution in [-0.4, -0.2) is 23.9 Å². The quantitative estimate of drug-likeness (QED) is 0.143. The van der Waals surface area contributed by atoms with Gasteiger partial charge in [0, 0.05) is 18.2 Å². The van der Waals surface area contributed by atoms with Crippen LogP contribution in [0.1, 0.15) is 78.1 Å². The van der Waals surface area contributed by atoms with Crippen LogP contribution in [0.4, 0.5) is 0 Å². The van der Waals surface area contributed by atoms with E-state index in [0.29, 0.717) is 59.3 Å². The molecule has 232 valence electrons. The van der Waals surface area contributed by atoms with E-state index in [2.05, 4.69) is 24.3 Å². The second-order valence-corrected chi connectivity index (χ2v) is 10.4. The molecule has 7 heteroatoms. The summed E-state index contributed by atoms with van der Waals surface area (Å²) in [4.78, 5) is 24.5. The van der Waals surface area contributed by atoms with E-state index in [-0.39, 0.29) is 17.5 Å². The first-order valence-corrected chi connectivity index (χ1v) is 15.3. The number of hydrogen-bond acceptors (Lipinski definition) is 6. The second-order valence-electron chi connectivity index (χ2n) is 10.4. The van der Waals surface area contributed by atoms with Crippen molar-refractivity contribution in [2.24, 2.45) is 0 Å². The van der Waals surface area contributed by atoms with Crippen molar-refractivity contribution in [3.63, 3.8) is 0 Å². The van der Waals surface area contributed by atoms with E-state index in [1.807, 2.05) is 93.6 Å². The molecule has 1 aromatic heterocycles. The highest BCUT2D eigenvalue weighted by Crippen LogP contribution is 2.44. The van der Waals surface area contributed by atoms with Gasteiger partial charge in [-0.25, -0.2) is 0 Å². The van der Waals surface area contributed by atoms with Crippen LogP contribution in [0.2, 0.25) is 0 Å². The van der Waals surface area contributed by atoms with Crippen LogP contribution >= 0.6 is 0 Å². The Labute approximate surface area is 265 Å². The molecule has 7 nitrogen and oxygen atoms in total. The summed E-state index contributed by atoms with van der Waals surface area (Å²) in [5, 5.41) is 7.04. The first kappa shape index (κ1) is 32.7. The smallest absolute Gasteiger partial charge is 0.274 e. The number of benzene rings is 4. The molecule has 45 heavy (non-hydrogen) atoms. The Kier molecular flexibility index (Phi) is 11.7. The molecular formula is C38H40N2O5. The molecule has 0 saturated carbocycles. The highest BCUT2D eigenvalue weighted by atomic mass is 16.5. The van der Waals surface area contributed by atoms with Crippen LogP contribution in [0.15, 0.2) is 102 Å². The Balaban J connectivity index is 0.00000226. The molecular weight excluding hydrogens is 564 g/mol. The van der Waals surface area contributed by atoms with Crippen LogP contribution in [-0.2, 0) is 13.2 Å². The van der Waals surface area contributed by atoms with Crippen LogP contribution in [0, 0.1) is 0 Å². The lowest BCUT2D eigenvalue weighted by Crippen LogP contribution is -2.23. The lowest BCUT2D eigenvalue weighted by molar-refractivity contribution is 0.0947. The van der Waals surface area contributed by atoms with Crippen molar-refractivity contribution in [3.05, 3.63) is 125 Å². The Morgan fingerprint density at radius 1 is 0.844 bits per heavy atom. The van der Waals surface area contributed by atoms with Gasteiger partial charge in [-0.3, -0.25) is 9.59 Å². The highest BCUT2D eigenvalue weighted by molar-refractivity contribution is 6.02. The number of ether oxygens (including phenoxy) is 2. The molecule has 0 atom stereocenters. The van der Waals surface area contributed by atoms with Crippen LogP contribution in [0.3, 0.4) is 0 Å². The molecule has 5 rings (SSSR count). The lowest BCUT2D eigenvalue weighted by atomic mass is 9.93. The summed E-state index contributed by atoms with van der Waals surface area (Å²) in [6, 6.07) is 30.7. The maximum absolute atomic E-state index is 13.1.